The molecule has 0 saturated heterocycles. The number of ether oxygens (including phenoxy) is 1. The van der Waals surface area contributed by atoms with Crippen LogP contribution in [0.3, 0.4) is 0 Å². The highest BCUT2D eigenvalue weighted by molar-refractivity contribution is 5.73. The van der Waals surface area contributed by atoms with E-state index in [1.807, 2.05) is 6.20 Å². The van der Waals surface area contributed by atoms with Crippen LogP contribution in [0.2, 0.25) is 0 Å². The Morgan fingerprint density at radius 2 is 2.47 bits per heavy atom. The third-order valence-electron chi connectivity index (χ3n) is 2.79. The van der Waals surface area contributed by atoms with Crippen molar-refractivity contribution in [2.24, 2.45) is 11.7 Å². The molecule has 6 nitrogen and oxygen atoms in total. The molecule has 1 fully saturated rings. The highest BCUT2D eigenvalue weighted by Gasteiger charge is 2.36. The van der Waals surface area contributed by atoms with E-state index in [0.717, 1.165) is 18.5 Å². The molecule has 1 saturated carbocycles. The standard InChI is InChI=1S/C9H14N4O2/c1-15-9(14)6-2-8(3-6)13-5-7(4-10)11-12-13/h5-6,8H,2-4,10H2,1H3. The van der Waals surface area contributed by atoms with Gasteiger partial charge in [-0.3, -0.25) is 4.79 Å². The Labute approximate surface area is 87.4 Å². The van der Waals surface area contributed by atoms with Crippen molar-refractivity contribution in [2.45, 2.75) is 25.4 Å². The van der Waals surface area contributed by atoms with Crippen LogP contribution in [0.1, 0.15) is 24.6 Å². The van der Waals surface area contributed by atoms with Gasteiger partial charge in [0.1, 0.15) is 0 Å². The number of carbonyl (C=O) groups is 1. The highest BCUT2D eigenvalue weighted by atomic mass is 16.5. The molecule has 0 aliphatic heterocycles. The predicted octanol–water partition coefficient (Wildman–Crippen LogP) is -0.139. The Morgan fingerprint density at radius 3 is 3.00 bits per heavy atom. The molecule has 1 aliphatic carbocycles. The molecule has 0 atom stereocenters. The molecule has 1 aliphatic rings. The maximum Gasteiger partial charge on any atom is 0.308 e. The van der Waals surface area contributed by atoms with Gasteiger partial charge in [-0.1, -0.05) is 5.21 Å². The predicted molar refractivity (Wildman–Crippen MR) is 51.7 cm³/mol. The van der Waals surface area contributed by atoms with Crippen LogP contribution in [0.5, 0.6) is 0 Å². The first kappa shape index (κ1) is 10.1. The normalized spacial score (nSPS) is 24.7. The van der Waals surface area contributed by atoms with E-state index in [-0.39, 0.29) is 17.9 Å². The third-order valence-corrected chi connectivity index (χ3v) is 2.79. The molecular formula is C9H14N4O2. The summed E-state index contributed by atoms with van der Waals surface area (Å²) < 4.78 is 6.44. The van der Waals surface area contributed by atoms with Crippen molar-refractivity contribution < 1.29 is 9.53 Å². The lowest BCUT2D eigenvalue weighted by Crippen LogP contribution is -2.33. The SMILES string of the molecule is COC(=O)C1CC(n2cc(CN)nn2)C1. The van der Waals surface area contributed by atoms with Crippen LogP contribution in [0.4, 0.5) is 0 Å². The second-order valence-corrected chi connectivity index (χ2v) is 3.74. The largest absolute Gasteiger partial charge is 0.469 e. The van der Waals surface area contributed by atoms with Crippen molar-refractivity contribution in [1.29, 1.82) is 0 Å². The Balaban J connectivity index is 1.91. The second-order valence-electron chi connectivity index (χ2n) is 3.74. The Hall–Kier alpha value is -1.43. The monoisotopic (exact) mass is 210 g/mol. The van der Waals surface area contributed by atoms with E-state index in [1.165, 1.54) is 7.11 Å². The smallest absolute Gasteiger partial charge is 0.308 e. The summed E-state index contributed by atoms with van der Waals surface area (Å²) in [7, 11) is 1.41. The summed E-state index contributed by atoms with van der Waals surface area (Å²) >= 11 is 0. The molecule has 82 valence electrons. The van der Waals surface area contributed by atoms with Gasteiger partial charge < -0.3 is 10.5 Å². The molecule has 0 amide bonds. The number of nitrogens with zero attached hydrogens (tertiary/aromatic N) is 3. The van der Waals surface area contributed by atoms with Gasteiger partial charge in [0.2, 0.25) is 0 Å². The van der Waals surface area contributed by atoms with Crippen LogP contribution in [0.15, 0.2) is 6.20 Å². The summed E-state index contributed by atoms with van der Waals surface area (Å²) in [5, 5.41) is 7.86. The van der Waals surface area contributed by atoms with Crippen LogP contribution >= 0.6 is 0 Å². The minimum absolute atomic E-state index is 0.0190. The molecule has 0 bridgehead atoms. The van der Waals surface area contributed by atoms with Crippen molar-refractivity contribution >= 4 is 5.97 Å². The molecule has 1 aromatic rings. The van der Waals surface area contributed by atoms with Gasteiger partial charge in [0.15, 0.2) is 0 Å². The maximum atomic E-state index is 11.1. The zero-order valence-electron chi connectivity index (χ0n) is 8.59. The summed E-state index contributed by atoms with van der Waals surface area (Å²) in [6, 6.07) is 0.266. The Morgan fingerprint density at radius 1 is 1.73 bits per heavy atom. The number of carbonyl (C=O) groups excluding carboxylic acids is 1. The van der Waals surface area contributed by atoms with Gasteiger partial charge in [0.05, 0.1) is 31.0 Å². The number of hydrogen-bond donors (Lipinski definition) is 1. The number of aromatic nitrogens is 3. The molecular weight excluding hydrogens is 196 g/mol. The van der Waals surface area contributed by atoms with Gasteiger partial charge in [-0.05, 0) is 12.8 Å². The van der Waals surface area contributed by atoms with Gasteiger partial charge in [0, 0.05) is 6.54 Å². The molecule has 1 heterocycles. The number of rotatable bonds is 3. The topological polar surface area (TPSA) is 83.0 Å². The zero-order valence-corrected chi connectivity index (χ0v) is 8.59. The van der Waals surface area contributed by atoms with Crippen molar-refractivity contribution in [3.63, 3.8) is 0 Å². The van der Waals surface area contributed by atoms with Crippen molar-refractivity contribution in [3.05, 3.63) is 11.9 Å². The minimum Gasteiger partial charge on any atom is -0.469 e. The fourth-order valence-corrected chi connectivity index (χ4v) is 1.75. The number of nitrogens with two attached hydrogens (primary N) is 1. The van der Waals surface area contributed by atoms with Gasteiger partial charge in [-0.15, -0.1) is 5.10 Å². The Bertz CT molecular complexity index is 357. The zero-order chi connectivity index (χ0) is 10.8. The average molecular weight is 210 g/mol. The van der Waals surface area contributed by atoms with Gasteiger partial charge in [-0.2, -0.15) is 0 Å². The van der Waals surface area contributed by atoms with Gasteiger partial charge in [0.25, 0.3) is 0 Å². The summed E-state index contributed by atoms with van der Waals surface area (Å²) in [5.74, 6) is -0.115. The lowest BCUT2D eigenvalue weighted by Gasteiger charge is -2.32. The molecule has 15 heavy (non-hydrogen) atoms. The molecule has 2 rings (SSSR count). The van der Waals surface area contributed by atoms with Crippen LogP contribution in [0.25, 0.3) is 0 Å². The molecule has 0 radical (unpaired) electrons. The highest BCUT2D eigenvalue weighted by Crippen LogP contribution is 2.37. The minimum atomic E-state index is -0.134. The van der Waals surface area contributed by atoms with E-state index >= 15 is 0 Å². The quantitative estimate of drug-likeness (QED) is 0.702. The van der Waals surface area contributed by atoms with E-state index in [1.54, 1.807) is 4.68 Å². The summed E-state index contributed by atoms with van der Waals surface area (Å²) in [4.78, 5) is 11.1. The molecule has 0 spiro atoms. The van der Waals surface area contributed by atoms with E-state index < -0.39 is 0 Å². The van der Waals surface area contributed by atoms with Crippen molar-refractivity contribution in [3.8, 4) is 0 Å². The molecule has 6 heteroatoms. The average Bonchev–Trinajstić information content (AvgIpc) is 2.63. The number of esters is 1. The van der Waals surface area contributed by atoms with Gasteiger partial charge in [-0.25, -0.2) is 4.68 Å². The van der Waals surface area contributed by atoms with Crippen LogP contribution in [0, 0.1) is 5.92 Å². The summed E-state index contributed by atoms with van der Waals surface area (Å²) in [6.45, 7) is 0.396. The fourth-order valence-electron chi connectivity index (χ4n) is 1.75. The molecule has 0 unspecified atom stereocenters. The fraction of sp³-hybridized carbons (Fsp3) is 0.667. The van der Waals surface area contributed by atoms with Crippen molar-refractivity contribution in [1.82, 2.24) is 15.0 Å². The van der Waals surface area contributed by atoms with Crippen LogP contribution in [-0.2, 0) is 16.1 Å². The number of methoxy groups -OCH3 is 1. The van der Waals surface area contributed by atoms with Crippen molar-refractivity contribution in [2.75, 3.05) is 7.11 Å². The Kier molecular flexibility index (Phi) is 2.68. The molecule has 1 aromatic heterocycles. The van der Waals surface area contributed by atoms with E-state index in [9.17, 15) is 4.79 Å². The third kappa shape index (κ3) is 1.85. The maximum absolute atomic E-state index is 11.1. The summed E-state index contributed by atoms with van der Waals surface area (Å²) in [5.41, 5.74) is 6.20. The lowest BCUT2D eigenvalue weighted by atomic mass is 9.80. The van der Waals surface area contributed by atoms with Crippen LogP contribution < -0.4 is 5.73 Å². The van der Waals surface area contributed by atoms with Gasteiger partial charge >= 0.3 is 5.97 Å². The lowest BCUT2D eigenvalue weighted by molar-refractivity contribution is -0.149. The first-order valence-corrected chi connectivity index (χ1v) is 4.93. The second kappa shape index (κ2) is 3.98. The van der Waals surface area contributed by atoms with E-state index in [2.05, 4.69) is 15.0 Å². The van der Waals surface area contributed by atoms with E-state index in [0.29, 0.717) is 6.54 Å². The summed E-state index contributed by atoms with van der Waals surface area (Å²) in [6.07, 6.45) is 3.39. The molecule has 2 N–H and O–H groups in total. The first-order chi connectivity index (χ1) is 7.24. The van der Waals surface area contributed by atoms with Crippen LogP contribution in [-0.4, -0.2) is 28.1 Å². The number of hydrogen-bond acceptors (Lipinski definition) is 5. The van der Waals surface area contributed by atoms with E-state index in [4.69, 9.17) is 5.73 Å². The first-order valence-electron chi connectivity index (χ1n) is 4.93. The molecule has 0 aromatic carbocycles.